The quantitative estimate of drug-likeness (QED) is 0.831. The van der Waals surface area contributed by atoms with Gasteiger partial charge in [0.25, 0.3) is 0 Å². The molecule has 1 saturated carbocycles. The van der Waals surface area contributed by atoms with Crippen LogP contribution in [0.5, 0.6) is 0 Å². The SMILES string of the molecule is CCC(CN)CC(=O)N(Cc1cccc(C)c1)C1CC1. The summed E-state index contributed by atoms with van der Waals surface area (Å²) < 4.78 is 0. The Balaban J connectivity index is 2.01. The van der Waals surface area contributed by atoms with E-state index in [1.807, 2.05) is 0 Å². The molecule has 0 saturated heterocycles. The highest BCUT2D eigenvalue weighted by atomic mass is 16.2. The second-order valence-corrected chi connectivity index (χ2v) is 5.96. The van der Waals surface area contributed by atoms with E-state index in [4.69, 9.17) is 5.73 Å². The summed E-state index contributed by atoms with van der Waals surface area (Å²) in [6.45, 7) is 5.54. The van der Waals surface area contributed by atoms with Gasteiger partial charge in [-0.25, -0.2) is 0 Å². The minimum absolute atomic E-state index is 0.270. The van der Waals surface area contributed by atoms with E-state index in [-0.39, 0.29) is 5.91 Å². The minimum Gasteiger partial charge on any atom is -0.335 e. The Morgan fingerprint density at radius 1 is 1.45 bits per heavy atom. The van der Waals surface area contributed by atoms with E-state index in [0.29, 0.717) is 24.9 Å². The van der Waals surface area contributed by atoms with Gasteiger partial charge in [0.15, 0.2) is 0 Å². The number of carbonyl (C=O) groups excluding carboxylic acids is 1. The van der Waals surface area contributed by atoms with Gasteiger partial charge in [-0.3, -0.25) is 4.79 Å². The molecule has 1 aromatic rings. The molecule has 1 atom stereocenters. The molecule has 1 aromatic carbocycles. The van der Waals surface area contributed by atoms with Crippen LogP contribution in [0.2, 0.25) is 0 Å². The molecule has 0 spiro atoms. The first-order chi connectivity index (χ1) is 9.63. The molecule has 2 N–H and O–H groups in total. The van der Waals surface area contributed by atoms with E-state index in [0.717, 1.165) is 25.8 Å². The highest BCUT2D eigenvalue weighted by Gasteiger charge is 2.32. The van der Waals surface area contributed by atoms with E-state index in [9.17, 15) is 4.79 Å². The highest BCUT2D eigenvalue weighted by molar-refractivity contribution is 5.77. The average Bonchev–Trinajstić information content (AvgIpc) is 3.26. The molecule has 1 amide bonds. The summed E-state index contributed by atoms with van der Waals surface area (Å²) >= 11 is 0. The van der Waals surface area contributed by atoms with Crippen molar-refractivity contribution < 1.29 is 4.79 Å². The van der Waals surface area contributed by atoms with Crippen LogP contribution in [0.3, 0.4) is 0 Å². The Bertz CT molecular complexity index is 450. The van der Waals surface area contributed by atoms with Gasteiger partial charge in [0.2, 0.25) is 5.91 Å². The minimum atomic E-state index is 0.270. The molecule has 1 aliphatic rings. The number of hydrogen-bond donors (Lipinski definition) is 1. The molecule has 0 aromatic heterocycles. The zero-order valence-corrected chi connectivity index (χ0v) is 12.6. The maximum absolute atomic E-state index is 12.5. The lowest BCUT2D eigenvalue weighted by molar-refractivity contribution is -0.133. The predicted octanol–water partition coefficient (Wildman–Crippen LogP) is 2.86. The molecule has 20 heavy (non-hydrogen) atoms. The Morgan fingerprint density at radius 3 is 2.75 bits per heavy atom. The van der Waals surface area contributed by atoms with Crippen LogP contribution in [0.1, 0.15) is 43.7 Å². The van der Waals surface area contributed by atoms with Crippen molar-refractivity contribution in [1.29, 1.82) is 0 Å². The fourth-order valence-corrected chi connectivity index (χ4v) is 2.57. The largest absolute Gasteiger partial charge is 0.335 e. The Labute approximate surface area is 122 Å². The third-order valence-corrected chi connectivity index (χ3v) is 4.12. The van der Waals surface area contributed by atoms with Crippen LogP contribution in [0.25, 0.3) is 0 Å². The Kier molecular flexibility index (Phi) is 5.18. The van der Waals surface area contributed by atoms with E-state index in [1.165, 1.54) is 11.1 Å². The molecule has 0 radical (unpaired) electrons. The Morgan fingerprint density at radius 2 is 2.20 bits per heavy atom. The molecule has 2 rings (SSSR count). The molecule has 3 nitrogen and oxygen atoms in total. The molecule has 0 aliphatic heterocycles. The van der Waals surface area contributed by atoms with Crippen molar-refractivity contribution in [3.8, 4) is 0 Å². The smallest absolute Gasteiger partial charge is 0.223 e. The third kappa shape index (κ3) is 4.07. The van der Waals surface area contributed by atoms with Crippen molar-refractivity contribution in [1.82, 2.24) is 4.90 Å². The van der Waals surface area contributed by atoms with Crippen molar-refractivity contribution in [2.24, 2.45) is 11.7 Å². The van der Waals surface area contributed by atoms with Crippen LogP contribution >= 0.6 is 0 Å². The van der Waals surface area contributed by atoms with E-state index in [1.54, 1.807) is 0 Å². The zero-order chi connectivity index (χ0) is 14.5. The zero-order valence-electron chi connectivity index (χ0n) is 12.6. The monoisotopic (exact) mass is 274 g/mol. The summed E-state index contributed by atoms with van der Waals surface area (Å²) in [5.41, 5.74) is 8.20. The van der Waals surface area contributed by atoms with Gasteiger partial charge in [0, 0.05) is 19.0 Å². The van der Waals surface area contributed by atoms with E-state index in [2.05, 4.69) is 43.0 Å². The van der Waals surface area contributed by atoms with E-state index >= 15 is 0 Å². The van der Waals surface area contributed by atoms with Crippen LogP contribution in [0, 0.1) is 12.8 Å². The highest BCUT2D eigenvalue weighted by Crippen LogP contribution is 2.29. The van der Waals surface area contributed by atoms with Crippen LogP contribution in [-0.4, -0.2) is 23.4 Å². The predicted molar refractivity (Wildman–Crippen MR) is 82.2 cm³/mol. The first-order valence-corrected chi connectivity index (χ1v) is 7.69. The molecule has 0 heterocycles. The van der Waals surface area contributed by atoms with Crippen molar-refractivity contribution in [3.63, 3.8) is 0 Å². The molecule has 1 fully saturated rings. The number of carbonyl (C=O) groups is 1. The second-order valence-electron chi connectivity index (χ2n) is 5.96. The summed E-state index contributed by atoms with van der Waals surface area (Å²) in [4.78, 5) is 14.6. The number of rotatable bonds is 7. The number of nitrogens with zero attached hydrogens (tertiary/aromatic N) is 1. The number of hydrogen-bond acceptors (Lipinski definition) is 2. The summed E-state index contributed by atoms with van der Waals surface area (Å²) in [6.07, 6.45) is 3.87. The molecular weight excluding hydrogens is 248 g/mol. The van der Waals surface area contributed by atoms with Gasteiger partial charge in [0.05, 0.1) is 0 Å². The molecule has 0 bridgehead atoms. The third-order valence-electron chi connectivity index (χ3n) is 4.12. The molecule has 110 valence electrons. The normalized spacial score (nSPS) is 15.9. The molecule has 1 unspecified atom stereocenters. The van der Waals surface area contributed by atoms with Gasteiger partial charge in [0.1, 0.15) is 0 Å². The van der Waals surface area contributed by atoms with Crippen LogP contribution < -0.4 is 5.73 Å². The topological polar surface area (TPSA) is 46.3 Å². The summed E-state index contributed by atoms with van der Waals surface area (Å²) in [6, 6.07) is 8.89. The fraction of sp³-hybridized carbons (Fsp3) is 0.588. The lowest BCUT2D eigenvalue weighted by atomic mass is 10.0. The first-order valence-electron chi connectivity index (χ1n) is 7.69. The Hall–Kier alpha value is -1.35. The van der Waals surface area contributed by atoms with Crippen molar-refractivity contribution in [2.75, 3.05) is 6.54 Å². The first kappa shape index (κ1) is 15.0. The van der Waals surface area contributed by atoms with Crippen LogP contribution in [0.15, 0.2) is 24.3 Å². The maximum atomic E-state index is 12.5. The van der Waals surface area contributed by atoms with Crippen LogP contribution in [0.4, 0.5) is 0 Å². The van der Waals surface area contributed by atoms with Crippen LogP contribution in [-0.2, 0) is 11.3 Å². The number of amides is 1. The van der Waals surface area contributed by atoms with Gasteiger partial charge >= 0.3 is 0 Å². The number of aryl methyl sites for hydroxylation is 1. The van der Waals surface area contributed by atoms with Gasteiger partial charge < -0.3 is 10.6 Å². The van der Waals surface area contributed by atoms with Crippen molar-refractivity contribution in [3.05, 3.63) is 35.4 Å². The van der Waals surface area contributed by atoms with Crippen molar-refractivity contribution >= 4 is 5.91 Å². The second kappa shape index (κ2) is 6.89. The van der Waals surface area contributed by atoms with Crippen molar-refractivity contribution in [2.45, 2.75) is 52.1 Å². The standard InChI is InChI=1S/C17H26N2O/c1-3-14(11-18)10-17(20)19(16-7-8-16)12-15-6-4-5-13(2)9-15/h4-6,9,14,16H,3,7-8,10-12,18H2,1-2H3. The number of nitrogens with two attached hydrogens (primary N) is 1. The molecule has 1 aliphatic carbocycles. The van der Waals surface area contributed by atoms with Gasteiger partial charge in [-0.05, 0) is 37.8 Å². The number of benzene rings is 1. The van der Waals surface area contributed by atoms with Gasteiger partial charge in [-0.1, -0.05) is 43.2 Å². The van der Waals surface area contributed by atoms with Gasteiger partial charge in [-0.15, -0.1) is 0 Å². The maximum Gasteiger partial charge on any atom is 0.223 e. The lowest BCUT2D eigenvalue weighted by Gasteiger charge is -2.25. The summed E-state index contributed by atoms with van der Waals surface area (Å²) in [7, 11) is 0. The summed E-state index contributed by atoms with van der Waals surface area (Å²) in [5.74, 6) is 0.590. The van der Waals surface area contributed by atoms with E-state index < -0.39 is 0 Å². The average molecular weight is 274 g/mol. The molecule has 3 heteroatoms. The summed E-state index contributed by atoms with van der Waals surface area (Å²) in [5, 5.41) is 0. The lowest BCUT2D eigenvalue weighted by Crippen LogP contribution is -2.34. The fourth-order valence-electron chi connectivity index (χ4n) is 2.57. The molecular formula is C17H26N2O. The van der Waals surface area contributed by atoms with Gasteiger partial charge in [-0.2, -0.15) is 0 Å².